The number of imidazole rings is 1. The van der Waals surface area contributed by atoms with Gasteiger partial charge in [0.25, 0.3) is 0 Å². The molecule has 0 bridgehead atoms. The van der Waals surface area contributed by atoms with Crippen LogP contribution in [0.3, 0.4) is 0 Å². The van der Waals surface area contributed by atoms with Crippen LogP contribution in [0.15, 0.2) is 60.1 Å². The Morgan fingerprint density at radius 1 is 1.03 bits per heavy atom. The Hall–Kier alpha value is -3.37. The highest BCUT2D eigenvalue weighted by molar-refractivity contribution is 7.99. The number of nitrogens with one attached hydrogen (secondary N) is 1. The number of benzene rings is 1. The topological polar surface area (TPSA) is 112 Å². The first-order chi connectivity index (χ1) is 17.1. The number of carbonyl (C=O) groups excluding carboxylic acids is 1. The third-order valence-corrected chi connectivity index (χ3v) is 6.75. The SMILES string of the molecule is O=C(O)c1ccc(CCCN2CCN(C(=O)Oc3ccc(CCSc4ncc[nH]4)cc3)CC2)nc1. The van der Waals surface area contributed by atoms with Crippen LogP contribution in [0.1, 0.15) is 28.0 Å². The molecule has 0 atom stereocenters. The molecule has 1 saturated heterocycles. The highest BCUT2D eigenvalue weighted by Gasteiger charge is 2.22. The van der Waals surface area contributed by atoms with Gasteiger partial charge in [0.2, 0.25) is 0 Å². The summed E-state index contributed by atoms with van der Waals surface area (Å²) in [6, 6.07) is 11.0. The number of aromatic nitrogens is 3. The van der Waals surface area contributed by atoms with E-state index in [1.807, 2.05) is 30.5 Å². The summed E-state index contributed by atoms with van der Waals surface area (Å²) in [4.78, 5) is 39.0. The number of hydrogen-bond acceptors (Lipinski definition) is 7. The number of ether oxygens (including phenoxy) is 1. The number of carboxylic acids is 1. The van der Waals surface area contributed by atoms with Crippen molar-refractivity contribution in [1.29, 1.82) is 0 Å². The van der Waals surface area contributed by atoms with Gasteiger partial charge in [0, 0.05) is 56.2 Å². The molecule has 0 unspecified atom stereocenters. The summed E-state index contributed by atoms with van der Waals surface area (Å²) in [6.07, 6.45) is 7.28. The molecule has 1 aliphatic rings. The zero-order valence-corrected chi connectivity index (χ0v) is 20.2. The van der Waals surface area contributed by atoms with Crippen molar-refractivity contribution in [3.05, 3.63) is 71.8 Å². The fraction of sp³-hybridized carbons (Fsp3) is 0.360. The molecule has 3 heterocycles. The van der Waals surface area contributed by atoms with Crippen molar-refractivity contribution >= 4 is 23.8 Å². The van der Waals surface area contributed by atoms with Crippen LogP contribution < -0.4 is 4.74 Å². The number of rotatable bonds is 10. The van der Waals surface area contributed by atoms with E-state index in [1.54, 1.807) is 35.0 Å². The molecule has 2 N–H and O–H groups in total. The smallest absolute Gasteiger partial charge is 0.415 e. The first-order valence-electron chi connectivity index (χ1n) is 11.7. The van der Waals surface area contributed by atoms with Crippen molar-refractivity contribution in [3.63, 3.8) is 0 Å². The second-order valence-electron chi connectivity index (χ2n) is 8.28. The quantitative estimate of drug-likeness (QED) is 0.411. The number of aromatic amines is 1. The van der Waals surface area contributed by atoms with Crippen molar-refractivity contribution in [2.45, 2.75) is 24.4 Å². The first kappa shape index (κ1) is 24.7. The maximum atomic E-state index is 12.6. The standard InChI is InChI=1S/C25H29N5O4S/c31-23(32)20-5-6-21(28-18-20)2-1-12-29-13-15-30(16-14-29)25(33)34-22-7-3-19(4-8-22)9-17-35-24-26-10-11-27-24/h3-8,10-11,18H,1-2,9,12-17H2,(H,26,27)(H,31,32). The fourth-order valence-corrected chi connectivity index (χ4v) is 4.64. The Morgan fingerprint density at radius 3 is 2.49 bits per heavy atom. The van der Waals surface area contributed by atoms with Gasteiger partial charge < -0.3 is 19.7 Å². The monoisotopic (exact) mass is 495 g/mol. The number of carbonyl (C=O) groups is 2. The van der Waals surface area contributed by atoms with Crippen LogP contribution >= 0.6 is 11.8 Å². The molecule has 3 aromatic rings. The number of hydrogen-bond donors (Lipinski definition) is 2. The predicted octanol–water partition coefficient (Wildman–Crippen LogP) is 3.59. The van der Waals surface area contributed by atoms with E-state index in [4.69, 9.17) is 9.84 Å². The molecule has 0 radical (unpaired) electrons. The van der Waals surface area contributed by atoms with Crippen LogP contribution in [-0.4, -0.2) is 80.4 Å². The number of aromatic carboxylic acids is 1. The van der Waals surface area contributed by atoms with Crippen molar-refractivity contribution in [3.8, 4) is 5.75 Å². The Morgan fingerprint density at radius 2 is 1.83 bits per heavy atom. The van der Waals surface area contributed by atoms with E-state index in [0.29, 0.717) is 18.8 Å². The highest BCUT2D eigenvalue weighted by atomic mass is 32.2. The van der Waals surface area contributed by atoms with Crippen LogP contribution in [0, 0.1) is 0 Å². The molecule has 1 fully saturated rings. The lowest BCUT2D eigenvalue weighted by Crippen LogP contribution is -2.49. The summed E-state index contributed by atoms with van der Waals surface area (Å²) in [6.45, 7) is 3.77. The van der Waals surface area contributed by atoms with Gasteiger partial charge in [-0.25, -0.2) is 14.6 Å². The van der Waals surface area contributed by atoms with Crippen LogP contribution in [0.25, 0.3) is 0 Å². The molecular weight excluding hydrogens is 466 g/mol. The van der Waals surface area contributed by atoms with Gasteiger partial charge in [-0.2, -0.15) is 0 Å². The molecule has 2 aromatic heterocycles. The van der Waals surface area contributed by atoms with E-state index in [2.05, 4.69) is 19.9 Å². The van der Waals surface area contributed by atoms with Gasteiger partial charge in [0.15, 0.2) is 5.16 Å². The molecule has 0 aliphatic carbocycles. The molecular formula is C25H29N5O4S. The number of carboxylic acid groups (broad SMARTS) is 1. The number of piperazine rings is 1. The molecule has 0 spiro atoms. The fourth-order valence-electron chi connectivity index (χ4n) is 3.82. The number of nitrogens with zero attached hydrogens (tertiary/aromatic N) is 4. The van der Waals surface area contributed by atoms with Crippen LogP contribution in [0.2, 0.25) is 0 Å². The molecule has 1 aliphatic heterocycles. The number of thioether (sulfide) groups is 1. The molecule has 10 heteroatoms. The zero-order valence-electron chi connectivity index (χ0n) is 19.4. The van der Waals surface area contributed by atoms with Crippen molar-refractivity contribution in [1.82, 2.24) is 24.8 Å². The average Bonchev–Trinajstić information content (AvgIpc) is 3.39. The van der Waals surface area contributed by atoms with Gasteiger partial charge >= 0.3 is 12.1 Å². The predicted molar refractivity (Wildman–Crippen MR) is 133 cm³/mol. The highest BCUT2D eigenvalue weighted by Crippen LogP contribution is 2.18. The van der Waals surface area contributed by atoms with E-state index >= 15 is 0 Å². The van der Waals surface area contributed by atoms with E-state index in [-0.39, 0.29) is 11.7 Å². The molecule has 9 nitrogen and oxygen atoms in total. The Labute approximate surface area is 208 Å². The third-order valence-electron chi connectivity index (χ3n) is 5.84. The van der Waals surface area contributed by atoms with Crippen LogP contribution in [0.5, 0.6) is 5.75 Å². The van der Waals surface area contributed by atoms with Gasteiger partial charge in [0.1, 0.15) is 5.75 Å². The lowest BCUT2D eigenvalue weighted by molar-refractivity contribution is 0.0696. The number of amides is 1. The van der Waals surface area contributed by atoms with Gasteiger partial charge in [-0.15, -0.1) is 0 Å². The van der Waals surface area contributed by atoms with E-state index in [0.717, 1.165) is 55.5 Å². The van der Waals surface area contributed by atoms with E-state index in [9.17, 15) is 9.59 Å². The van der Waals surface area contributed by atoms with Crippen molar-refractivity contribution in [2.24, 2.45) is 0 Å². The summed E-state index contributed by atoms with van der Waals surface area (Å²) in [5.41, 5.74) is 2.28. The molecule has 4 rings (SSSR count). The lowest BCUT2D eigenvalue weighted by Gasteiger charge is -2.34. The third kappa shape index (κ3) is 7.56. The van der Waals surface area contributed by atoms with Crippen LogP contribution in [0.4, 0.5) is 4.79 Å². The second-order valence-corrected chi connectivity index (χ2v) is 9.36. The average molecular weight is 496 g/mol. The summed E-state index contributed by atoms with van der Waals surface area (Å²) in [5, 5.41) is 9.86. The summed E-state index contributed by atoms with van der Waals surface area (Å²) in [5.74, 6) is 0.514. The number of H-pyrrole nitrogens is 1. The Balaban J connectivity index is 1.13. The maximum absolute atomic E-state index is 12.6. The maximum Gasteiger partial charge on any atom is 0.415 e. The minimum absolute atomic E-state index is 0.202. The molecule has 35 heavy (non-hydrogen) atoms. The minimum atomic E-state index is -0.964. The van der Waals surface area contributed by atoms with E-state index < -0.39 is 5.97 Å². The Kier molecular flexibility index (Phi) is 8.74. The lowest BCUT2D eigenvalue weighted by atomic mass is 10.2. The minimum Gasteiger partial charge on any atom is -0.478 e. The number of pyridine rings is 1. The largest absolute Gasteiger partial charge is 0.478 e. The first-order valence-corrected chi connectivity index (χ1v) is 12.6. The summed E-state index contributed by atoms with van der Waals surface area (Å²) in [7, 11) is 0. The van der Waals surface area contributed by atoms with Crippen molar-refractivity contribution < 1.29 is 19.4 Å². The van der Waals surface area contributed by atoms with Gasteiger partial charge in [0.05, 0.1) is 5.56 Å². The van der Waals surface area contributed by atoms with Gasteiger partial charge in [-0.3, -0.25) is 9.88 Å². The molecule has 1 aromatic carbocycles. The summed E-state index contributed by atoms with van der Waals surface area (Å²) < 4.78 is 5.57. The van der Waals surface area contributed by atoms with Crippen molar-refractivity contribution in [2.75, 3.05) is 38.5 Å². The number of aryl methyl sites for hydroxylation is 2. The summed E-state index contributed by atoms with van der Waals surface area (Å²) >= 11 is 1.68. The van der Waals surface area contributed by atoms with E-state index in [1.165, 1.54) is 11.8 Å². The van der Waals surface area contributed by atoms with Crippen LogP contribution in [-0.2, 0) is 12.8 Å². The Bertz CT molecular complexity index is 1080. The van der Waals surface area contributed by atoms with Gasteiger partial charge in [-0.05, 0) is 55.6 Å². The molecule has 1 amide bonds. The van der Waals surface area contributed by atoms with Gasteiger partial charge in [-0.1, -0.05) is 23.9 Å². The normalized spacial score (nSPS) is 14.1. The molecule has 184 valence electrons. The molecule has 0 saturated carbocycles. The second kappa shape index (κ2) is 12.4. The zero-order chi connectivity index (χ0) is 24.5.